The van der Waals surface area contributed by atoms with E-state index >= 15 is 0 Å². The van der Waals surface area contributed by atoms with Crippen LogP contribution in [0.25, 0.3) is 11.3 Å². The third-order valence-electron chi connectivity index (χ3n) is 3.39. The number of aromatic carboxylic acids is 1. The van der Waals surface area contributed by atoms with E-state index in [4.69, 9.17) is 10.5 Å². The molecule has 6 nitrogen and oxygen atoms in total. The number of nitrogen functional groups attached to an aromatic ring is 1. The number of anilines is 1. The molecule has 0 fully saturated rings. The Kier molecular flexibility index (Phi) is 5.16. The molecule has 0 saturated carbocycles. The topological polar surface area (TPSA) is 98.3 Å². The first-order valence-electron chi connectivity index (χ1n) is 7.49. The molecule has 0 atom stereocenters. The number of benzene rings is 1. The quantitative estimate of drug-likeness (QED) is 0.849. The normalized spacial score (nSPS) is 10.8. The number of nitrogens with zero attached hydrogens (tertiary/aromatic N) is 2. The fourth-order valence-electron chi connectivity index (χ4n) is 2.21. The van der Waals surface area contributed by atoms with E-state index in [0.29, 0.717) is 35.2 Å². The van der Waals surface area contributed by atoms with E-state index in [1.54, 1.807) is 25.1 Å². The fourth-order valence-corrected chi connectivity index (χ4v) is 2.21. The minimum absolute atomic E-state index is 0.0497. The first kappa shape index (κ1) is 16.7. The summed E-state index contributed by atoms with van der Waals surface area (Å²) in [7, 11) is 0. The Morgan fingerprint density at radius 1 is 1.35 bits per heavy atom. The van der Waals surface area contributed by atoms with Crippen LogP contribution >= 0.6 is 0 Å². The van der Waals surface area contributed by atoms with Crippen molar-refractivity contribution in [1.29, 1.82) is 0 Å². The van der Waals surface area contributed by atoms with Crippen molar-refractivity contribution in [3.05, 3.63) is 35.5 Å². The number of hydrogen-bond donors (Lipinski definition) is 2. The zero-order valence-corrected chi connectivity index (χ0v) is 13.5. The SMILES string of the molecule is Cc1nc(N)nc(-c2cccc(OCCC(C)C)c2)c1C(=O)O. The Balaban J connectivity index is 2.37. The molecule has 0 unspecified atom stereocenters. The van der Waals surface area contributed by atoms with Crippen molar-refractivity contribution >= 4 is 11.9 Å². The summed E-state index contributed by atoms with van der Waals surface area (Å²) in [5, 5.41) is 9.42. The highest BCUT2D eigenvalue weighted by atomic mass is 16.5. The van der Waals surface area contributed by atoms with Gasteiger partial charge in [-0.15, -0.1) is 0 Å². The zero-order chi connectivity index (χ0) is 17.0. The van der Waals surface area contributed by atoms with Gasteiger partial charge in [-0.3, -0.25) is 0 Å². The van der Waals surface area contributed by atoms with E-state index in [9.17, 15) is 9.90 Å². The van der Waals surface area contributed by atoms with Gasteiger partial charge in [0.25, 0.3) is 0 Å². The highest BCUT2D eigenvalue weighted by molar-refractivity contribution is 5.96. The fraction of sp³-hybridized carbons (Fsp3) is 0.353. The smallest absolute Gasteiger partial charge is 0.339 e. The van der Waals surface area contributed by atoms with Gasteiger partial charge >= 0.3 is 5.97 Å². The average Bonchev–Trinajstić information content (AvgIpc) is 2.45. The highest BCUT2D eigenvalue weighted by Gasteiger charge is 2.19. The molecule has 0 radical (unpaired) electrons. The second-order valence-corrected chi connectivity index (χ2v) is 5.75. The van der Waals surface area contributed by atoms with Gasteiger partial charge in [0.15, 0.2) is 0 Å². The molecule has 0 amide bonds. The second kappa shape index (κ2) is 7.09. The maximum Gasteiger partial charge on any atom is 0.339 e. The van der Waals surface area contributed by atoms with Crippen LogP contribution in [0.3, 0.4) is 0 Å². The van der Waals surface area contributed by atoms with Crippen LogP contribution in [0, 0.1) is 12.8 Å². The van der Waals surface area contributed by atoms with Gasteiger partial charge in [-0.25, -0.2) is 14.8 Å². The lowest BCUT2D eigenvalue weighted by atomic mass is 10.0. The summed E-state index contributed by atoms with van der Waals surface area (Å²) in [5.74, 6) is 0.202. The van der Waals surface area contributed by atoms with Crippen LogP contribution in [0.1, 0.15) is 36.3 Å². The lowest BCUT2D eigenvalue weighted by Crippen LogP contribution is -2.09. The van der Waals surface area contributed by atoms with E-state index in [1.807, 2.05) is 6.07 Å². The average molecular weight is 315 g/mol. The van der Waals surface area contributed by atoms with Crippen LogP contribution in [0.15, 0.2) is 24.3 Å². The summed E-state index contributed by atoms with van der Waals surface area (Å²) in [6.07, 6.45) is 0.949. The Labute approximate surface area is 135 Å². The summed E-state index contributed by atoms with van der Waals surface area (Å²) in [5.41, 5.74) is 7.01. The van der Waals surface area contributed by atoms with E-state index in [-0.39, 0.29) is 11.5 Å². The summed E-state index contributed by atoms with van der Waals surface area (Å²) in [6.45, 7) is 6.47. The molecule has 6 heteroatoms. The Morgan fingerprint density at radius 3 is 2.74 bits per heavy atom. The molecule has 2 rings (SSSR count). The molecule has 0 bridgehead atoms. The molecule has 0 spiro atoms. The lowest BCUT2D eigenvalue weighted by Gasteiger charge is -2.11. The molecule has 0 aliphatic heterocycles. The van der Waals surface area contributed by atoms with Crippen LogP contribution in [0.4, 0.5) is 5.95 Å². The third kappa shape index (κ3) is 4.18. The maximum atomic E-state index is 11.5. The summed E-state index contributed by atoms with van der Waals surface area (Å²) in [6, 6.07) is 7.19. The maximum absolute atomic E-state index is 11.5. The van der Waals surface area contributed by atoms with Crippen molar-refractivity contribution in [3.63, 3.8) is 0 Å². The van der Waals surface area contributed by atoms with Crippen molar-refractivity contribution in [2.24, 2.45) is 5.92 Å². The molecule has 0 aliphatic carbocycles. The molecule has 2 aromatic rings. The minimum atomic E-state index is -1.08. The molecule has 122 valence electrons. The standard InChI is InChI=1S/C17H21N3O3/c1-10(2)7-8-23-13-6-4-5-12(9-13)15-14(16(21)22)11(3)19-17(18)20-15/h4-6,9-10H,7-8H2,1-3H3,(H,21,22)(H2,18,19,20). The summed E-state index contributed by atoms with van der Waals surface area (Å²) >= 11 is 0. The molecule has 1 aromatic heterocycles. The van der Waals surface area contributed by atoms with Crippen molar-refractivity contribution in [2.75, 3.05) is 12.3 Å². The number of ether oxygens (including phenoxy) is 1. The Hall–Kier alpha value is -2.63. The number of carboxylic acid groups (broad SMARTS) is 1. The molecule has 0 saturated heterocycles. The minimum Gasteiger partial charge on any atom is -0.494 e. The number of carbonyl (C=O) groups is 1. The summed E-state index contributed by atoms with van der Waals surface area (Å²) < 4.78 is 5.72. The van der Waals surface area contributed by atoms with E-state index in [0.717, 1.165) is 6.42 Å². The molecule has 1 aromatic carbocycles. The molecule has 0 aliphatic rings. The van der Waals surface area contributed by atoms with Crippen molar-refractivity contribution in [3.8, 4) is 17.0 Å². The highest BCUT2D eigenvalue weighted by Crippen LogP contribution is 2.27. The molecule has 1 heterocycles. The van der Waals surface area contributed by atoms with Gasteiger partial charge in [0.05, 0.1) is 18.0 Å². The predicted molar refractivity (Wildman–Crippen MR) is 88.5 cm³/mol. The lowest BCUT2D eigenvalue weighted by molar-refractivity contribution is 0.0696. The van der Waals surface area contributed by atoms with Gasteiger partial charge in [0, 0.05) is 5.56 Å². The van der Waals surface area contributed by atoms with Gasteiger partial charge < -0.3 is 15.6 Å². The first-order chi connectivity index (χ1) is 10.9. The van der Waals surface area contributed by atoms with Gasteiger partial charge in [-0.05, 0) is 31.4 Å². The number of aryl methyl sites for hydroxylation is 1. The molecular formula is C17H21N3O3. The zero-order valence-electron chi connectivity index (χ0n) is 13.5. The number of aromatic nitrogens is 2. The van der Waals surface area contributed by atoms with E-state index in [1.165, 1.54) is 0 Å². The van der Waals surface area contributed by atoms with Crippen molar-refractivity contribution < 1.29 is 14.6 Å². The Bertz CT molecular complexity index is 714. The Morgan fingerprint density at radius 2 is 2.09 bits per heavy atom. The number of carboxylic acids is 1. The molecular weight excluding hydrogens is 294 g/mol. The molecule has 3 N–H and O–H groups in total. The summed E-state index contributed by atoms with van der Waals surface area (Å²) in [4.78, 5) is 19.5. The van der Waals surface area contributed by atoms with Gasteiger partial charge in [-0.2, -0.15) is 0 Å². The number of nitrogens with two attached hydrogens (primary N) is 1. The van der Waals surface area contributed by atoms with E-state index < -0.39 is 5.97 Å². The largest absolute Gasteiger partial charge is 0.494 e. The van der Waals surface area contributed by atoms with Gasteiger partial charge in [-0.1, -0.05) is 26.0 Å². The van der Waals surface area contributed by atoms with Crippen LogP contribution in [-0.2, 0) is 0 Å². The predicted octanol–water partition coefficient (Wildman–Crippen LogP) is 3.16. The molecule has 23 heavy (non-hydrogen) atoms. The van der Waals surface area contributed by atoms with Gasteiger partial charge in [0.2, 0.25) is 5.95 Å². The number of hydrogen-bond acceptors (Lipinski definition) is 5. The first-order valence-corrected chi connectivity index (χ1v) is 7.49. The third-order valence-corrected chi connectivity index (χ3v) is 3.39. The van der Waals surface area contributed by atoms with E-state index in [2.05, 4.69) is 23.8 Å². The number of rotatable bonds is 6. The van der Waals surface area contributed by atoms with Gasteiger partial charge in [0.1, 0.15) is 11.3 Å². The second-order valence-electron chi connectivity index (χ2n) is 5.75. The van der Waals surface area contributed by atoms with Crippen LogP contribution in [-0.4, -0.2) is 27.7 Å². The van der Waals surface area contributed by atoms with Crippen LogP contribution < -0.4 is 10.5 Å². The van der Waals surface area contributed by atoms with Crippen LogP contribution in [0.2, 0.25) is 0 Å². The van der Waals surface area contributed by atoms with Crippen molar-refractivity contribution in [1.82, 2.24) is 9.97 Å². The van der Waals surface area contributed by atoms with Crippen molar-refractivity contribution in [2.45, 2.75) is 27.2 Å². The monoisotopic (exact) mass is 315 g/mol. The van der Waals surface area contributed by atoms with Crippen LogP contribution in [0.5, 0.6) is 5.75 Å².